The Labute approximate surface area is 184 Å². The molecule has 3 heterocycles. The monoisotopic (exact) mass is 416 g/mol. The molecule has 3 aromatic rings. The van der Waals surface area contributed by atoms with Crippen LogP contribution in [0, 0.1) is 0 Å². The molecule has 0 radical (unpaired) electrons. The van der Waals surface area contributed by atoms with Crippen LogP contribution < -0.4 is 15.8 Å². The minimum absolute atomic E-state index is 0.206. The van der Waals surface area contributed by atoms with Crippen molar-refractivity contribution < 1.29 is 0 Å². The van der Waals surface area contributed by atoms with Gasteiger partial charge in [0, 0.05) is 55.9 Å². The summed E-state index contributed by atoms with van der Waals surface area (Å²) in [7, 11) is 0. The molecule has 0 unspecified atom stereocenters. The Morgan fingerprint density at radius 1 is 0.839 bits per heavy atom. The Morgan fingerprint density at radius 2 is 1.58 bits per heavy atom. The Balaban J connectivity index is 1.19. The van der Waals surface area contributed by atoms with Crippen LogP contribution in [0.15, 0.2) is 59.4 Å². The minimum atomic E-state index is 0.206. The first-order valence-electron chi connectivity index (χ1n) is 11.7. The maximum absolute atomic E-state index is 13.2. The Bertz CT molecular complexity index is 1080. The predicted molar refractivity (Wildman–Crippen MR) is 129 cm³/mol. The first kappa shape index (κ1) is 20.1. The van der Waals surface area contributed by atoms with Crippen LogP contribution in [-0.4, -0.2) is 48.7 Å². The number of hydrogen-bond donors (Lipinski definition) is 1. The summed E-state index contributed by atoms with van der Waals surface area (Å²) in [5, 5.41) is 4.66. The molecule has 5 nitrogen and oxygen atoms in total. The smallest absolute Gasteiger partial charge is 0.256 e. The van der Waals surface area contributed by atoms with Gasteiger partial charge < -0.3 is 14.8 Å². The molecule has 0 spiro atoms. The van der Waals surface area contributed by atoms with Gasteiger partial charge in [-0.15, -0.1) is 0 Å². The molecule has 5 rings (SSSR count). The number of aryl methyl sites for hydroxylation is 1. The van der Waals surface area contributed by atoms with Crippen molar-refractivity contribution in [1.82, 2.24) is 9.47 Å². The van der Waals surface area contributed by atoms with E-state index in [1.165, 1.54) is 11.1 Å². The summed E-state index contributed by atoms with van der Waals surface area (Å²) in [6.07, 6.45) is 4.09. The van der Waals surface area contributed by atoms with Crippen molar-refractivity contribution in [3.05, 3.63) is 70.5 Å². The zero-order chi connectivity index (χ0) is 21.0. The molecule has 2 aliphatic rings. The van der Waals surface area contributed by atoms with Crippen molar-refractivity contribution in [2.75, 3.05) is 49.5 Å². The first-order chi connectivity index (χ1) is 15.3. The van der Waals surface area contributed by atoms with E-state index in [1.54, 1.807) is 0 Å². The second-order valence-corrected chi connectivity index (χ2v) is 8.73. The van der Waals surface area contributed by atoms with Crippen LogP contribution in [0.1, 0.15) is 24.8 Å². The molecule has 0 bridgehead atoms. The van der Waals surface area contributed by atoms with Crippen molar-refractivity contribution in [3.63, 3.8) is 0 Å². The van der Waals surface area contributed by atoms with Crippen LogP contribution >= 0.6 is 0 Å². The highest BCUT2D eigenvalue weighted by Gasteiger charge is 2.19. The topological polar surface area (TPSA) is 40.5 Å². The largest absolute Gasteiger partial charge is 0.384 e. The highest BCUT2D eigenvalue weighted by atomic mass is 16.1. The zero-order valence-electron chi connectivity index (χ0n) is 18.2. The van der Waals surface area contributed by atoms with Crippen molar-refractivity contribution in [1.29, 1.82) is 0 Å². The fourth-order valence-corrected chi connectivity index (χ4v) is 5.07. The highest BCUT2D eigenvalue weighted by molar-refractivity contribution is 5.93. The van der Waals surface area contributed by atoms with E-state index in [9.17, 15) is 4.79 Å². The van der Waals surface area contributed by atoms with Crippen molar-refractivity contribution in [3.8, 4) is 0 Å². The molecule has 1 aromatic heterocycles. The van der Waals surface area contributed by atoms with Crippen LogP contribution in [0.3, 0.4) is 0 Å². The summed E-state index contributed by atoms with van der Waals surface area (Å²) in [5.74, 6) is 0. The van der Waals surface area contributed by atoms with E-state index >= 15 is 0 Å². The fourth-order valence-electron chi connectivity index (χ4n) is 5.07. The molecule has 0 atom stereocenters. The maximum atomic E-state index is 13.2. The van der Waals surface area contributed by atoms with E-state index in [0.29, 0.717) is 0 Å². The number of para-hydroxylation sites is 2. The van der Waals surface area contributed by atoms with E-state index in [2.05, 4.69) is 63.6 Å². The SMILES string of the molecule is O=c1c2c(c3ccccc3n1CCCCN1CCN(c3ccccc3)CC1)NCCC2. The molecule has 1 N–H and O–H groups in total. The highest BCUT2D eigenvalue weighted by Crippen LogP contribution is 2.28. The van der Waals surface area contributed by atoms with Gasteiger partial charge in [0.05, 0.1) is 11.2 Å². The lowest BCUT2D eigenvalue weighted by Gasteiger charge is -2.36. The second kappa shape index (κ2) is 9.15. The first-order valence-corrected chi connectivity index (χ1v) is 11.7. The van der Waals surface area contributed by atoms with Gasteiger partial charge in [0.25, 0.3) is 5.56 Å². The van der Waals surface area contributed by atoms with Crippen LogP contribution in [0.5, 0.6) is 0 Å². The lowest BCUT2D eigenvalue weighted by molar-refractivity contribution is 0.251. The van der Waals surface area contributed by atoms with Gasteiger partial charge in [-0.05, 0) is 50.4 Å². The molecule has 0 amide bonds. The number of nitrogens with zero attached hydrogens (tertiary/aromatic N) is 3. The van der Waals surface area contributed by atoms with Gasteiger partial charge in [0.2, 0.25) is 0 Å². The number of hydrogen-bond acceptors (Lipinski definition) is 4. The average Bonchev–Trinajstić information content (AvgIpc) is 2.84. The zero-order valence-corrected chi connectivity index (χ0v) is 18.2. The standard InChI is InChI=1S/C26H32N4O/c31-26-23-12-8-14-27-25(23)22-11-4-5-13-24(22)30(26)16-7-6-15-28-17-19-29(20-18-28)21-9-2-1-3-10-21/h1-5,9-11,13,27H,6-8,12,14-20H2. The molecule has 1 saturated heterocycles. The lowest BCUT2D eigenvalue weighted by atomic mass is 10.0. The number of unbranched alkanes of at least 4 members (excludes halogenated alkanes) is 1. The van der Waals surface area contributed by atoms with Gasteiger partial charge in [-0.1, -0.05) is 36.4 Å². The number of fused-ring (bicyclic) bond motifs is 3. The Hall–Kier alpha value is -2.79. The third-order valence-electron chi connectivity index (χ3n) is 6.77. The normalized spacial score (nSPS) is 16.8. The Morgan fingerprint density at radius 3 is 2.42 bits per heavy atom. The summed E-state index contributed by atoms with van der Waals surface area (Å²) in [5.41, 5.74) is 4.64. The van der Waals surface area contributed by atoms with E-state index in [-0.39, 0.29) is 5.56 Å². The summed E-state index contributed by atoms with van der Waals surface area (Å²) in [4.78, 5) is 18.2. The second-order valence-electron chi connectivity index (χ2n) is 8.73. The average molecular weight is 417 g/mol. The molecular formula is C26H32N4O. The number of piperazine rings is 1. The van der Waals surface area contributed by atoms with Gasteiger partial charge in [0.15, 0.2) is 0 Å². The van der Waals surface area contributed by atoms with Gasteiger partial charge in [-0.2, -0.15) is 0 Å². The quantitative estimate of drug-likeness (QED) is 0.618. The van der Waals surface area contributed by atoms with Crippen molar-refractivity contribution in [2.45, 2.75) is 32.2 Å². The lowest BCUT2D eigenvalue weighted by Crippen LogP contribution is -2.46. The number of aromatic nitrogens is 1. The number of anilines is 2. The van der Waals surface area contributed by atoms with Crippen molar-refractivity contribution in [2.24, 2.45) is 0 Å². The van der Waals surface area contributed by atoms with E-state index in [4.69, 9.17) is 0 Å². The Kier molecular flexibility index (Phi) is 5.94. The van der Waals surface area contributed by atoms with Crippen LogP contribution in [0.25, 0.3) is 10.9 Å². The number of pyridine rings is 1. The third-order valence-corrected chi connectivity index (χ3v) is 6.77. The minimum Gasteiger partial charge on any atom is -0.384 e. The number of rotatable bonds is 6. The molecule has 5 heteroatoms. The summed E-state index contributed by atoms with van der Waals surface area (Å²) in [6, 6.07) is 19.1. The van der Waals surface area contributed by atoms with E-state index < -0.39 is 0 Å². The molecule has 2 aliphatic heterocycles. The van der Waals surface area contributed by atoms with Crippen LogP contribution in [0.2, 0.25) is 0 Å². The summed E-state index contributed by atoms with van der Waals surface area (Å²) >= 11 is 0. The predicted octanol–water partition coefficient (Wildman–Crippen LogP) is 3.96. The molecule has 31 heavy (non-hydrogen) atoms. The summed E-state index contributed by atoms with van der Waals surface area (Å²) in [6.45, 7) is 7.28. The van der Waals surface area contributed by atoms with E-state index in [0.717, 1.165) is 88.3 Å². The maximum Gasteiger partial charge on any atom is 0.256 e. The molecule has 1 fully saturated rings. The van der Waals surface area contributed by atoms with E-state index in [1.807, 2.05) is 10.6 Å². The number of nitrogens with one attached hydrogen (secondary N) is 1. The van der Waals surface area contributed by atoms with Gasteiger partial charge in [-0.3, -0.25) is 9.69 Å². The third kappa shape index (κ3) is 4.19. The van der Waals surface area contributed by atoms with Crippen molar-refractivity contribution >= 4 is 22.3 Å². The molecule has 0 saturated carbocycles. The summed E-state index contributed by atoms with van der Waals surface area (Å²) < 4.78 is 2.02. The van der Waals surface area contributed by atoms with Crippen LogP contribution in [-0.2, 0) is 13.0 Å². The molecule has 0 aliphatic carbocycles. The fraction of sp³-hybridized carbons (Fsp3) is 0.423. The van der Waals surface area contributed by atoms with Gasteiger partial charge >= 0.3 is 0 Å². The number of benzene rings is 2. The van der Waals surface area contributed by atoms with Crippen LogP contribution in [0.4, 0.5) is 11.4 Å². The van der Waals surface area contributed by atoms with Gasteiger partial charge in [0.1, 0.15) is 0 Å². The molecule has 162 valence electrons. The molecule has 2 aromatic carbocycles. The van der Waals surface area contributed by atoms with Gasteiger partial charge in [-0.25, -0.2) is 0 Å². The molecular weight excluding hydrogens is 384 g/mol.